The normalized spacial score (nSPS) is 13.6. The van der Waals surface area contributed by atoms with E-state index in [0.717, 1.165) is 0 Å². The molecule has 0 aliphatic carbocycles. The van der Waals surface area contributed by atoms with Crippen LogP contribution in [0.5, 0.6) is 0 Å². The van der Waals surface area contributed by atoms with Crippen molar-refractivity contribution in [2.24, 2.45) is 5.92 Å². The van der Waals surface area contributed by atoms with Crippen LogP contribution in [0, 0.1) is 27.4 Å². The lowest BCUT2D eigenvalue weighted by Gasteiger charge is -2.21. The summed E-state index contributed by atoms with van der Waals surface area (Å²) in [6.07, 6.45) is -0.732. The number of rotatable bonds is 6. The van der Waals surface area contributed by atoms with E-state index in [1.807, 2.05) is 11.8 Å². The Hall–Kier alpha value is -1.65. The first-order valence-electron chi connectivity index (χ1n) is 6.01. The van der Waals surface area contributed by atoms with E-state index in [0.29, 0.717) is 23.0 Å². The van der Waals surface area contributed by atoms with Crippen molar-refractivity contribution in [2.75, 3.05) is 18.0 Å². The third kappa shape index (κ3) is 3.66. The second-order valence-electron chi connectivity index (χ2n) is 4.34. The first kappa shape index (κ1) is 15.4. The second-order valence-corrected chi connectivity index (χ2v) is 5.40. The highest BCUT2D eigenvalue weighted by atomic mass is 32.1. The Morgan fingerprint density at radius 3 is 2.68 bits per heavy atom. The fourth-order valence-corrected chi connectivity index (χ4v) is 2.82. The zero-order valence-electron chi connectivity index (χ0n) is 11.2. The molecular weight excluding hydrogens is 266 g/mol. The molecule has 1 heterocycles. The zero-order valence-corrected chi connectivity index (χ0v) is 12.0. The Kier molecular flexibility index (Phi) is 5.27. The minimum absolute atomic E-state index is 0.00658. The largest absolute Gasteiger partial charge is 0.388 e. The summed E-state index contributed by atoms with van der Waals surface area (Å²) in [5.41, 5.74) is -0.00658. The van der Waals surface area contributed by atoms with Gasteiger partial charge in [0, 0.05) is 24.0 Å². The highest BCUT2D eigenvalue weighted by Crippen LogP contribution is 2.40. The van der Waals surface area contributed by atoms with Gasteiger partial charge in [-0.3, -0.25) is 10.1 Å². The molecule has 0 amide bonds. The van der Waals surface area contributed by atoms with Crippen molar-refractivity contribution < 1.29 is 10.0 Å². The summed E-state index contributed by atoms with van der Waals surface area (Å²) < 4.78 is 0. The van der Waals surface area contributed by atoms with Crippen molar-refractivity contribution in [2.45, 2.75) is 26.9 Å². The van der Waals surface area contributed by atoms with Gasteiger partial charge in [0.25, 0.3) is 0 Å². The lowest BCUT2D eigenvalue weighted by Crippen LogP contribution is -2.27. The van der Waals surface area contributed by atoms with Crippen molar-refractivity contribution in [1.82, 2.24) is 0 Å². The molecular formula is C12H17N3O3S. The van der Waals surface area contributed by atoms with Crippen LogP contribution in [0.3, 0.4) is 0 Å². The highest BCUT2D eigenvalue weighted by molar-refractivity contribution is 7.16. The van der Waals surface area contributed by atoms with Gasteiger partial charge in [-0.2, -0.15) is 5.26 Å². The third-order valence-electron chi connectivity index (χ3n) is 2.70. The number of nitro groups is 1. The molecule has 0 bridgehead atoms. The van der Waals surface area contributed by atoms with Crippen LogP contribution in [0.1, 0.15) is 31.8 Å². The fraction of sp³-hybridized carbons (Fsp3) is 0.583. The van der Waals surface area contributed by atoms with Crippen molar-refractivity contribution in [3.8, 4) is 6.07 Å². The van der Waals surface area contributed by atoms with E-state index < -0.39 is 11.0 Å². The van der Waals surface area contributed by atoms with Gasteiger partial charge in [0.2, 0.25) is 0 Å². The van der Waals surface area contributed by atoms with Crippen LogP contribution in [0.25, 0.3) is 0 Å². The lowest BCUT2D eigenvalue weighted by atomic mass is 10.2. The van der Waals surface area contributed by atoms with Gasteiger partial charge in [-0.05, 0) is 20.8 Å². The Morgan fingerprint density at radius 1 is 1.63 bits per heavy atom. The first-order valence-corrected chi connectivity index (χ1v) is 6.83. The molecule has 7 heteroatoms. The molecule has 0 aromatic carbocycles. The number of aliphatic hydroxyl groups excluding tert-OH is 1. The molecule has 0 aliphatic rings. The van der Waals surface area contributed by atoms with Gasteiger partial charge in [-0.25, -0.2) is 0 Å². The fourth-order valence-electron chi connectivity index (χ4n) is 1.68. The molecule has 0 saturated heterocycles. The third-order valence-corrected chi connectivity index (χ3v) is 4.06. The molecule has 0 radical (unpaired) electrons. The highest BCUT2D eigenvalue weighted by Gasteiger charge is 2.25. The molecule has 0 saturated carbocycles. The topological polar surface area (TPSA) is 90.4 Å². The van der Waals surface area contributed by atoms with Crippen LogP contribution in [0.2, 0.25) is 0 Å². The zero-order chi connectivity index (χ0) is 14.6. The SMILES string of the molecule is CCN(CC(C)C#N)c1sc(C(C)O)cc1[N+](=O)[O-]. The van der Waals surface area contributed by atoms with E-state index in [1.165, 1.54) is 17.4 Å². The van der Waals surface area contributed by atoms with E-state index in [4.69, 9.17) is 5.26 Å². The number of anilines is 1. The van der Waals surface area contributed by atoms with Gasteiger partial charge in [-0.1, -0.05) is 0 Å². The van der Waals surface area contributed by atoms with Crippen LogP contribution in [-0.4, -0.2) is 23.1 Å². The van der Waals surface area contributed by atoms with E-state index in [9.17, 15) is 15.2 Å². The van der Waals surface area contributed by atoms with Gasteiger partial charge < -0.3 is 10.0 Å². The molecule has 1 aromatic rings. The molecule has 2 unspecified atom stereocenters. The number of nitrogens with zero attached hydrogens (tertiary/aromatic N) is 3. The molecule has 1 rings (SSSR count). The average Bonchev–Trinajstić information content (AvgIpc) is 2.80. The van der Waals surface area contributed by atoms with E-state index in [1.54, 1.807) is 13.8 Å². The first-order chi connectivity index (χ1) is 8.90. The molecule has 6 nitrogen and oxygen atoms in total. The maximum absolute atomic E-state index is 11.1. The Morgan fingerprint density at radius 2 is 2.26 bits per heavy atom. The molecule has 0 spiro atoms. The smallest absolute Gasteiger partial charge is 0.304 e. The molecule has 2 atom stereocenters. The number of hydrogen-bond donors (Lipinski definition) is 1. The Labute approximate surface area is 116 Å². The maximum atomic E-state index is 11.1. The molecule has 1 aromatic heterocycles. The number of hydrogen-bond acceptors (Lipinski definition) is 6. The van der Waals surface area contributed by atoms with Gasteiger partial charge in [0.1, 0.15) is 0 Å². The number of nitriles is 1. The van der Waals surface area contributed by atoms with E-state index in [2.05, 4.69) is 6.07 Å². The minimum atomic E-state index is -0.732. The quantitative estimate of drug-likeness (QED) is 0.640. The molecule has 104 valence electrons. The van der Waals surface area contributed by atoms with Crippen LogP contribution in [0.15, 0.2) is 6.07 Å². The second kappa shape index (κ2) is 6.50. The average molecular weight is 283 g/mol. The molecule has 1 N–H and O–H groups in total. The molecule has 0 aliphatic heterocycles. The number of thiophene rings is 1. The predicted octanol–water partition coefficient (Wildman–Crippen LogP) is 2.70. The Bertz CT molecular complexity index is 493. The lowest BCUT2D eigenvalue weighted by molar-refractivity contribution is -0.383. The van der Waals surface area contributed by atoms with Crippen LogP contribution < -0.4 is 4.90 Å². The van der Waals surface area contributed by atoms with Gasteiger partial charge in [-0.15, -0.1) is 11.3 Å². The summed E-state index contributed by atoms with van der Waals surface area (Å²) in [5.74, 6) is -0.211. The van der Waals surface area contributed by atoms with Gasteiger partial charge in [0.05, 0.1) is 23.0 Å². The van der Waals surface area contributed by atoms with Gasteiger partial charge >= 0.3 is 5.69 Å². The predicted molar refractivity (Wildman–Crippen MR) is 74.3 cm³/mol. The molecule has 0 fully saturated rings. The van der Waals surface area contributed by atoms with Crippen LogP contribution in [-0.2, 0) is 0 Å². The van der Waals surface area contributed by atoms with Crippen molar-refractivity contribution in [1.29, 1.82) is 5.26 Å². The molecule has 19 heavy (non-hydrogen) atoms. The van der Waals surface area contributed by atoms with Crippen molar-refractivity contribution in [3.05, 3.63) is 21.1 Å². The summed E-state index contributed by atoms with van der Waals surface area (Å²) in [6, 6.07) is 3.53. The van der Waals surface area contributed by atoms with Crippen LogP contribution in [0.4, 0.5) is 10.7 Å². The van der Waals surface area contributed by atoms with Crippen molar-refractivity contribution >= 4 is 22.0 Å². The summed E-state index contributed by atoms with van der Waals surface area (Å²) in [6.45, 7) is 6.25. The van der Waals surface area contributed by atoms with Crippen LogP contribution >= 0.6 is 11.3 Å². The summed E-state index contributed by atoms with van der Waals surface area (Å²) in [5, 5.41) is 30.0. The summed E-state index contributed by atoms with van der Waals surface area (Å²) in [7, 11) is 0. The summed E-state index contributed by atoms with van der Waals surface area (Å²) in [4.78, 5) is 13.0. The standard InChI is InChI=1S/C12H17N3O3S/c1-4-14(7-8(2)6-13)12-10(15(17)18)5-11(19-12)9(3)16/h5,8-9,16H,4,7H2,1-3H3. The van der Waals surface area contributed by atoms with Gasteiger partial charge in [0.15, 0.2) is 5.00 Å². The monoisotopic (exact) mass is 283 g/mol. The van der Waals surface area contributed by atoms with E-state index in [-0.39, 0.29) is 11.6 Å². The van der Waals surface area contributed by atoms with Crippen molar-refractivity contribution in [3.63, 3.8) is 0 Å². The Balaban J connectivity index is 3.15. The minimum Gasteiger partial charge on any atom is -0.388 e. The van der Waals surface area contributed by atoms with E-state index >= 15 is 0 Å². The number of aliphatic hydroxyl groups is 1. The summed E-state index contributed by atoms with van der Waals surface area (Å²) >= 11 is 1.21. The maximum Gasteiger partial charge on any atom is 0.304 e.